The molecule has 0 fully saturated rings. The van der Waals surface area contributed by atoms with E-state index >= 15 is 0 Å². The highest BCUT2D eigenvalue weighted by Gasteiger charge is 2.36. The van der Waals surface area contributed by atoms with E-state index in [0.717, 1.165) is 0 Å². The van der Waals surface area contributed by atoms with Crippen molar-refractivity contribution in [1.29, 1.82) is 0 Å². The van der Waals surface area contributed by atoms with Crippen molar-refractivity contribution in [3.05, 3.63) is 0 Å². The summed E-state index contributed by atoms with van der Waals surface area (Å²) < 4.78 is 20.4. The van der Waals surface area contributed by atoms with Crippen LogP contribution in [0, 0.1) is 0 Å². The first-order valence-electron chi connectivity index (χ1n) is 8.43. The molecular formula is C17H32N2O7. The number of nitrogens with two attached hydrogens (primary N) is 1. The first-order chi connectivity index (χ1) is 11.9. The van der Waals surface area contributed by atoms with Crippen LogP contribution in [0.2, 0.25) is 0 Å². The fourth-order valence-corrected chi connectivity index (χ4v) is 1.78. The zero-order chi connectivity index (χ0) is 20.4. The van der Waals surface area contributed by atoms with Crippen LogP contribution in [0.5, 0.6) is 0 Å². The van der Waals surface area contributed by atoms with E-state index in [1.165, 1.54) is 21.0 Å². The third kappa shape index (κ3) is 11.0. The molecule has 0 rings (SSSR count). The summed E-state index contributed by atoms with van der Waals surface area (Å²) in [4.78, 5) is 37.1. The van der Waals surface area contributed by atoms with Crippen molar-refractivity contribution >= 4 is 17.9 Å². The number of carbonyl (C=O) groups excluding carboxylic acids is 3. The van der Waals surface area contributed by atoms with Crippen LogP contribution in [0.4, 0.5) is 0 Å². The third-order valence-electron chi connectivity index (χ3n) is 3.06. The average Bonchev–Trinajstić information content (AvgIpc) is 2.49. The van der Waals surface area contributed by atoms with Gasteiger partial charge in [-0.2, -0.15) is 0 Å². The maximum atomic E-state index is 12.2. The number of rotatable bonds is 11. The molecular weight excluding hydrogens is 344 g/mol. The zero-order valence-corrected chi connectivity index (χ0v) is 16.6. The lowest BCUT2D eigenvalue weighted by Gasteiger charge is -2.29. The minimum absolute atomic E-state index is 0.0858. The first kappa shape index (κ1) is 24.3. The number of hydrogen-bond acceptors (Lipinski definition) is 9. The molecule has 0 aromatic heterocycles. The van der Waals surface area contributed by atoms with Gasteiger partial charge in [0.1, 0.15) is 12.2 Å². The monoisotopic (exact) mass is 376 g/mol. The van der Waals surface area contributed by atoms with Gasteiger partial charge in [0.25, 0.3) is 0 Å². The molecule has 152 valence electrons. The Morgan fingerprint density at radius 2 is 1.50 bits per heavy atom. The highest BCUT2D eigenvalue weighted by Crippen LogP contribution is 2.17. The van der Waals surface area contributed by atoms with Gasteiger partial charge in [0.15, 0.2) is 0 Å². The van der Waals surface area contributed by atoms with E-state index in [2.05, 4.69) is 0 Å². The van der Waals surface area contributed by atoms with E-state index in [-0.39, 0.29) is 19.7 Å². The second-order valence-electron chi connectivity index (χ2n) is 7.18. The van der Waals surface area contributed by atoms with Gasteiger partial charge < -0.3 is 24.7 Å². The number of methoxy groups -OCH3 is 1. The Morgan fingerprint density at radius 1 is 0.923 bits per heavy atom. The molecule has 0 aromatic carbocycles. The van der Waals surface area contributed by atoms with E-state index in [1.807, 2.05) is 0 Å². The average molecular weight is 376 g/mol. The summed E-state index contributed by atoms with van der Waals surface area (Å²) >= 11 is 0. The standard InChI is InChI=1S/C17H32N2O7/c1-16(2,3)26-15(22)17(4,5)25-14(21)12-19(7-9-23-6)8-10-24-13(20)11-18/h7-12,18H2,1-6H3. The molecule has 0 bridgehead atoms. The lowest BCUT2D eigenvalue weighted by atomic mass is 10.1. The summed E-state index contributed by atoms with van der Waals surface area (Å²) in [5, 5.41) is 0. The molecule has 0 aromatic rings. The molecule has 0 radical (unpaired) electrons. The van der Waals surface area contributed by atoms with Crippen molar-refractivity contribution in [2.24, 2.45) is 5.73 Å². The van der Waals surface area contributed by atoms with Crippen LogP contribution in [-0.2, 0) is 33.3 Å². The molecule has 0 spiro atoms. The predicted molar refractivity (Wildman–Crippen MR) is 94.3 cm³/mol. The highest BCUT2D eigenvalue weighted by molar-refractivity contribution is 5.83. The molecule has 0 aliphatic rings. The Morgan fingerprint density at radius 3 is 2.00 bits per heavy atom. The number of nitrogens with zero attached hydrogens (tertiary/aromatic N) is 1. The molecule has 0 atom stereocenters. The Labute approximate surface area is 155 Å². The minimum atomic E-state index is -1.41. The summed E-state index contributed by atoms with van der Waals surface area (Å²) in [7, 11) is 1.54. The van der Waals surface area contributed by atoms with Gasteiger partial charge in [-0.25, -0.2) is 4.79 Å². The zero-order valence-electron chi connectivity index (χ0n) is 16.6. The molecule has 0 amide bonds. The van der Waals surface area contributed by atoms with Crippen LogP contribution >= 0.6 is 0 Å². The Kier molecular flexibility index (Phi) is 10.4. The van der Waals surface area contributed by atoms with Crippen LogP contribution in [0.1, 0.15) is 34.6 Å². The van der Waals surface area contributed by atoms with Gasteiger partial charge in [-0.05, 0) is 34.6 Å². The maximum Gasteiger partial charge on any atom is 0.350 e. The van der Waals surface area contributed by atoms with E-state index in [4.69, 9.17) is 24.7 Å². The summed E-state index contributed by atoms with van der Waals surface area (Å²) in [6, 6.07) is 0. The van der Waals surface area contributed by atoms with Crippen molar-refractivity contribution in [3.63, 3.8) is 0 Å². The van der Waals surface area contributed by atoms with Crippen LogP contribution in [0.3, 0.4) is 0 Å². The molecule has 0 saturated heterocycles. The van der Waals surface area contributed by atoms with Gasteiger partial charge in [0.05, 0.1) is 19.7 Å². The lowest BCUT2D eigenvalue weighted by Crippen LogP contribution is -2.45. The van der Waals surface area contributed by atoms with E-state index < -0.39 is 29.1 Å². The summed E-state index contributed by atoms with van der Waals surface area (Å²) in [6.07, 6.45) is 0. The van der Waals surface area contributed by atoms with Gasteiger partial charge in [0, 0.05) is 20.2 Å². The Bertz CT molecular complexity index is 472. The van der Waals surface area contributed by atoms with Crippen molar-refractivity contribution in [2.45, 2.75) is 45.8 Å². The van der Waals surface area contributed by atoms with Crippen molar-refractivity contribution < 1.29 is 33.3 Å². The molecule has 0 saturated carbocycles. The van der Waals surface area contributed by atoms with Crippen molar-refractivity contribution in [2.75, 3.05) is 46.5 Å². The van der Waals surface area contributed by atoms with Crippen LogP contribution in [0.15, 0.2) is 0 Å². The second kappa shape index (κ2) is 11.1. The quantitative estimate of drug-likeness (QED) is 0.396. The molecule has 0 unspecified atom stereocenters. The molecule has 9 heteroatoms. The first-order valence-corrected chi connectivity index (χ1v) is 8.43. The normalized spacial score (nSPS) is 12.0. The highest BCUT2D eigenvalue weighted by atomic mass is 16.6. The van der Waals surface area contributed by atoms with E-state index in [0.29, 0.717) is 19.7 Å². The van der Waals surface area contributed by atoms with E-state index in [9.17, 15) is 14.4 Å². The number of esters is 3. The largest absolute Gasteiger partial charge is 0.463 e. The van der Waals surface area contributed by atoms with Crippen LogP contribution in [0.25, 0.3) is 0 Å². The van der Waals surface area contributed by atoms with Gasteiger partial charge in [-0.1, -0.05) is 0 Å². The second-order valence-corrected chi connectivity index (χ2v) is 7.18. The molecule has 0 aliphatic carbocycles. The molecule has 0 heterocycles. The van der Waals surface area contributed by atoms with Gasteiger partial charge >= 0.3 is 17.9 Å². The topological polar surface area (TPSA) is 117 Å². The summed E-state index contributed by atoms with van der Waals surface area (Å²) in [5.74, 6) is -1.74. The fraction of sp³-hybridized carbons (Fsp3) is 0.824. The lowest BCUT2D eigenvalue weighted by molar-refractivity contribution is -0.187. The summed E-state index contributed by atoms with van der Waals surface area (Å²) in [6.45, 7) is 9.06. The van der Waals surface area contributed by atoms with Gasteiger partial charge in [-0.15, -0.1) is 0 Å². The Hall–Kier alpha value is -1.71. The van der Waals surface area contributed by atoms with Crippen molar-refractivity contribution in [1.82, 2.24) is 4.90 Å². The molecule has 0 aliphatic heterocycles. The molecule has 2 N–H and O–H groups in total. The molecule has 9 nitrogen and oxygen atoms in total. The SMILES string of the molecule is COCCN(CCOC(=O)CN)CC(=O)OC(C)(C)C(=O)OC(C)(C)C. The summed E-state index contributed by atoms with van der Waals surface area (Å²) in [5.41, 5.74) is 3.07. The number of carbonyl (C=O) groups is 3. The number of hydrogen-bond donors (Lipinski definition) is 1. The Balaban J connectivity index is 4.65. The van der Waals surface area contributed by atoms with Crippen LogP contribution < -0.4 is 5.73 Å². The van der Waals surface area contributed by atoms with Crippen molar-refractivity contribution in [3.8, 4) is 0 Å². The van der Waals surface area contributed by atoms with Gasteiger partial charge in [-0.3, -0.25) is 14.5 Å². The maximum absolute atomic E-state index is 12.2. The number of ether oxygens (including phenoxy) is 4. The van der Waals surface area contributed by atoms with E-state index in [1.54, 1.807) is 25.7 Å². The smallest absolute Gasteiger partial charge is 0.350 e. The third-order valence-corrected chi connectivity index (χ3v) is 3.06. The van der Waals surface area contributed by atoms with Gasteiger partial charge in [0.2, 0.25) is 5.60 Å². The minimum Gasteiger partial charge on any atom is -0.463 e. The predicted octanol–water partition coefficient (Wildman–Crippen LogP) is 0.100. The molecule has 26 heavy (non-hydrogen) atoms. The van der Waals surface area contributed by atoms with Crippen LogP contribution in [-0.4, -0.2) is 80.5 Å². The fourth-order valence-electron chi connectivity index (χ4n) is 1.78.